The molecule has 1 aliphatic heterocycles. The molecule has 1 aliphatic rings. The van der Waals surface area contributed by atoms with Gasteiger partial charge in [-0.3, -0.25) is 9.69 Å². The van der Waals surface area contributed by atoms with E-state index in [4.69, 9.17) is 4.74 Å². The number of ether oxygens (including phenoxy) is 1. The van der Waals surface area contributed by atoms with Gasteiger partial charge >= 0.3 is 0 Å². The zero-order valence-corrected chi connectivity index (χ0v) is 12.6. The molecule has 1 amide bonds. The van der Waals surface area contributed by atoms with Crippen LogP contribution >= 0.6 is 0 Å². The summed E-state index contributed by atoms with van der Waals surface area (Å²) in [4.78, 5) is 15.4. The number of piperazine rings is 1. The predicted octanol–water partition coefficient (Wildman–Crippen LogP) is 1.85. The molecule has 0 radical (unpaired) electrons. The largest absolute Gasteiger partial charge is 0.380 e. The van der Waals surface area contributed by atoms with Gasteiger partial charge in [0.05, 0.1) is 12.6 Å². The lowest BCUT2D eigenvalue weighted by atomic mass is 10.3. The van der Waals surface area contributed by atoms with Crippen molar-refractivity contribution in [3.63, 3.8) is 0 Å². The van der Waals surface area contributed by atoms with Crippen molar-refractivity contribution < 1.29 is 9.53 Å². The summed E-state index contributed by atoms with van der Waals surface area (Å²) < 4.78 is 5.12. The minimum Gasteiger partial charge on any atom is -0.380 e. The summed E-state index contributed by atoms with van der Waals surface area (Å²) >= 11 is 0. The number of methoxy groups -OCH3 is 1. The number of hydrogen-bond donors (Lipinski definition) is 0. The van der Waals surface area contributed by atoms with E-state index in [1.807, 2.05) is 51.5 Å². The van der Waals surface area contributed by atoms with Crippen molar-refractivity contribution in [2.75, 3.05) is 40.3 Å². The fourth-order valence-corrected chi connectivity index (χ4v) is 1.40. The van der Waals surface area contributed by atoms with Gasteiger partial charge in [0.1, 0.15) is 0 Å². The van der Waals surface area contributed by atoms with Crippen LogP contribution in [0.1, 0.15) is 34.6 Å². The van der Waals surface area contributed by atoms with Gasteiger partial charge in [-0.15, -0.1) is 0 Å². The summed E-state index contributed by atoms with van der Waals surface area (Å²) in [6.07, 6.45) is 0.132. The number of nitrogens with zero attached hydrogens (tertiary/aromatic N) is 2. The average molecular weight is 246 g/mol. The zero-order valence-electron chi connectivity index (χ0n) is 12.6. The molecule has 0 aromatic heterocycles. The molecular weight excluding hydrogens is 216 g/mol. The predicted molar refractivity (Wildman–Crippen MR) is 73.2 cm³/mol. The van der Waals surface area contributed by atoms with Crippen molar-refractivity contribution in [2.24, 2.45) is 0 Å². The van der Waals surface area contributed by atoms with Crippen molar-refractivity contribution in [1.82, 2.24) is 9.80 Å². The molecule has 1 rings (SSSR count). The van der Waals surface area contributed by atoms with Crippen LogP contribution < -0.4 is 0 Å². The molecule has 1 fully saturated rings. The fraction of sp³-hybridized carbons (Fsp3) is 0.923. The van der Waals surface area contributed by atoms with Crippen LogP contribution in [0.5, 0.6) is 0 Å². The summed E-state index contributed by atoms with van der Waals surface area (Å²) in [5.41, 5.74) is 0. The van der Waals surface area contributed by atoms with Crippen LogP contribution in [-0.4, -0.2) is 62.1 Å². The van der Waals surface area contributed by atoms with Crippen LogP contribution in [0.3, 0.4) is 0 Å². The Morgan fingerprint density at radius 1 is 1.24 bits per heavy atom. The smallest absolute Gasteiger partial charge is 0.236 e. The lowest BCUT2D eigenvalue weighted by molar-refractivity contribution is -0.137. The first-order chi connectivity index (χ1) is 8.13. The van der Waals surface area contributed by atoms with E-state index in [0.29, 0.717) is 13.1 Å². The number of likely N-dealkylation sites (N-methyl/N-ethyl adjacent to an activating group) is 1. The maximum atomic E-state index is 11.5. The maximum absolute atomic E-state index is 11.5. The second kappa shape index (κ2) is 11.9. The van der Waals surface area contributed by atoms with Crippen molar-refractivity contribution in [3.8, 4) is 0 Å². The Bertz CT molecular complexity index is 186. The second-order valence-corrected chi connectivity index (χ2v) is 3.62. The average Bonchev–Trinajstić information content (AvgIpc) is 2.37. The summed E-state index contributed by atoms with van der Waals surface area (Å²) in [5, 5.41) is 0. The van der Waals surface area contributed by atoms with E-state index < -0.39 is 0 Å². The Balaban J connectivity index is 0. The van der Waals surface area contributed by atoms with E-state index in [1.54, 1.807) is 7.11 Å². The molecule has 4 heteroatoms. The number of carbonyl (C=O) groups is 1. The van der Waals surface area contributed by atoms with E-state index in [-0.39, 0.29) is 12.0 Å². The highest BCUT2D eigenvalue weighted by atomic mass is 16.5. The van der Waals surface area contributed by atoms with Gasteiger partial charge in [0.15, 0.2) is 0 Å². The quantitative estimate of drug-likeness (QED) is 0.762. The fourth-order valence-electron chi connectivity index (χ4n) is 1.40. The molecule has 0 aromatic rings. The van der Waals surface area contributed by atoms with E-state index >= 15 is 0 Å². The number of hydrogen-bond acceptors (Lipinski definition) is 3. The molecule has 0 saturated carbocycles. The summed E-state index contributed by atoms with van der Waals surface area (Å²) in [6, 6.07) is 0. The first-order valence-corrected chi connectivity index (χ1v) is 6.62. The molecule has 4 nitrogen and oxygen atoms in total. The zero-order chi connectivity index (χ0) is 13.8. The Morgan fingerprint density at radius 3 is 2.18 bits per heavy atom. The van der Waals surface area contributed by atoms with Crippen molar-refractivity contribution >= 4 is 5.91 Å². The highest BCUT2D eigenvalue weighted by Gasteiger charge is 2.22. The Morgan fingerprint density at radius 2 is 1.76 bits per heavy atom. The lowest BCUT2D eigenvalue weighted by Gasteiger charge is -2.33. The van der Waals surface area contributed by atoms with Gasteiger partial charge in [-0.2, -0.15) is 0 Å². The van der Waals surface area contributed by atoms with Gasteiger partial charge in [0, 0.05) is 26.7 Å². The molecule has 0 aromatic carbocycles. The topological polar surface area (TPSA) is 32.8 Å². The maximum Gasteiger partial charge on any atom is 0.236 e. The Hall–Kier alpha value is -0.610. The third-order valence-corrected chi connectivity index (χ3v) is 2.39. The van der Waals surface area contributed by atoms with Crippen molar-refractivity contribution in [3.05, 3.63) is 0 Å². The molecule has 17 heavy (non-hydrogen) atoms. The highest BCUT2D eigenvalue weighted by molar-refractivity contribution is 5.79. The highest BCUT2D eigenvalue weighted by Crippen LogP contribution is 2.03. The summed E-state index contributed by atoms with van der Waals surface area (Å²) in [6.45, 7) is 13.0. The Kier molecular flexibility index (Phi) is 13.1. The van der Waals surface area contributed by atoms with Crippen molar-refractivity contribution in [2.45, 2.75) is 40.7 Å². The van der Waals surface area contributed by atoms with Crippen LogP contribution in [0.4, 0.5) is 0 Å². The van der Waals surface area contributed by atoms with E-state index in [2.05, 4.69) is 0 Å². The molecule has 104 valence electrons. The van der Waals surface area contributed by atoms with E-state index in [1.165, 1.54) is 0 Å². The number of carbonyl (C=O) groups excluding carboxylic acids is 1. The van der Waals surface area contributed by atoms with E-state index in [9.17, 15) is 4.79 Å². The molecule has 0 N–H and O–H groups in total. The molecule has 1 saturated heterocycles. The molecule has 0 bridgehead atoms. The summed E-state index contributed by atoms with van der Waals surface area (Å²) in [5.74, 6) is 0.206. The molecular formula is C13H30N2O2. The lowest BCUT2D eigenvalue weighted by Crippen LogP contribution is -2.50. The Labute approximate surface area is 107 Å². The van der Waals surface area contributed by atoms with Crippen LogP contribution in [0.15, 0.2) is 0 Å². The van der Waals surface area contributed by atoms with Gasteiger partial charge < -0.3 is 9.64 Å². The standard InChI is InChI=1S/C9H18N2O2.2C2H6/c1-8(13-3)6-11-5-4-10(2)7-9(11)12;2*1-2/h8H,4-7H2,1-3H3;2*1-2H3. The van der Waals surface area contributed by atoms with Gasteiger partial charge in [-0.25, -0.2) is 0 Å². The number of amides is 1. The van der Waals surface area contributed by atoms with Crippen LogP contribution in [-0.2, 0) is 9.53 Å². The third-order valence-electron chi connectivity index (χ3n) is 2.39. The minimum atomic E-state index is 0.132. The van der Waals surface area contributed by atoms with Gasteiger partial charge in [0.2, 0.25) is 5.91 Å². The molecule has 0 spiro atoms. The monoisotopic (exact) mass is 246 g/mol. The van der Waals surface area contributed by atoms with E-state index in [0.717, 1.165) is 13.1 Å². The van der Waals surface area contributed by atoms with Gasteiger partial charge in [-0.1, -0.05) is 27.7 Å². The van der Waals surface area contributed by atoms with Crippen LogP contribution in [0.2, 0.25) is 0 Å². The van der Waals surface area contributed by atoms with Crippen LogP contribution in [0, 0.1) is 0 Å². The third kappa shape index (κ3) is 8.16. The number of rotatable bonds is 3. The minimum absolute atomic E-state index is 0.132. The first kappa shape index (κ1) is 18.7. The van der Waals surface area contributed by atoms with Gasteiger partial charge in [0.25, 0.3) is 0 Å². The summed E-state index contributed by atoms with van der Waals surface area (Å²) in [7, 11) is 3.64. The first-order valence-electron chi connectivity index (χ1n) is 6.62. The SMILES string of the molecule is CC.CC.COC(C)CN1CCN(C)CC1=O. The normalized spacial score (nSPS) is 17.6. The second-order valence-electron chi connectivity index (χ2n) is 3.62. The molecule has 1 heterocycles. The molecule has 0 aliphatic carbocycles. The van der Waals surface area contributed by atoms with Crippen molar-refractivity contribution in [1.29, 1.82) is 0 Å². The van der Waals surface area contributed by atoms with Crippen LogP contribution in [0.25, 0.3) is 0 Å². The molecule has 1 atom stereocenters. The molecule has 1 unspecified atom stereocenters. The van der Waals surface area contributed by atoms with Gasteiger partial charge in [-0.05, 0) is 14.0 Å².